The molecule has 0 spiro atoms. The summed E-state index contributed by atoms with van der Waals surface area (Å²) < 4.78 is 5.31. The Morgan fingerprint density at radius 2 is 1.92 bits per heavy atom. The van der Waals surface area contributed by atoms with Gasteiger partial charge in [0.25, 0.3) is 0 Å². The number of carbonyl (C=O) groups excluding carboxylic acids is 1. The van der Waals surface area contributed by atoms with E-state index in [0.29, 0.717) is 5.75 Å². The van der Waals surface area contributed by atoms with E-state index in [4.69, 9.17) is 4.74 Å². The number of ether oxygens (including phenoxy) is 1. The molecule has 2 aromatic carbocycles. The highest BCUT2D eigenvalue weighted by molar-refractivity contribution is 5.94. The molecule has 0 aliphatic carbocycles. The van der Waals surface area contributed by atoms with Crippen molar-refractivity contribution in [2.24, 2.45) is 5.92 Å². The molecular weight excluding hydrogens is 300 g/mol. The standard InChI is InChI=1S/C20H24N2O2/c1-24-19-12-6-5-11-18(19)21-20(23)17-10-7-13-22(15-17)14-16-8-3-2-4-9-16/h2-6,8-9,11-12,17H,7,10,13-15H2,1H3,(H,21,23). The monoisotopic (exact) mass is 324 g/mol. The zero-order valence-electron chi connectivity index (χ0n) is 14.1. The second-order valence-electron chi connectivity index (χ2n) is 6.25. The average molecular weight is 324 g/mol. The first-order valence-corrected chi connectivity index (χ1v) is 8.46. The summed E-state index contributed by atoms with van der Waals surface area (Å²) in [7, 11) is 1.62. The number of para-hydroxylation sites is 2. The van der Waals surface area contributed by atoms with Gasteiger partial charge < -0.3 is 10.1 Å². The van der Waals surface area contributed by atoms with Crippen LogP contribution in [0.2, 0.25) is 0 Å². The van der Waals surface area contributed by atoms with Crippen LogP contribution < -0.4 is 10.1 Å². The molecule has 4 heteroatoms. The molecule has 0 bridgehead atoms. The number of piperidine rings is 1. The van der Waals surface area contributed by atoms with Gasteiger partial charge in [-0.3, -0.25) is 9.69 Å². The van der Waals surface area contributed by atoms with Gasteiger partial charge >= 0.3 is 0 Å². The number of benzene rings is 2. The third kappa shape index (κ3) is 4.15. The SMILES string of the molecule is COc1ccccc1NC(=O)C1CCCN(Cc2ccccc2)C1. The van der Waals surface area contributed by atoms with E-state index in [-0.39, 0.29) is 11.8 Å². The highest BCUT2D eigenvalue weighted by Crippen LogP contribution is 2.25. The van der Waals surface area contributed by atoms with E-state index in [1.807, 2.05) is 30.3 Å². The van der Waals surface area contributed by atoms with E-state index >= 15 is 0 Å². The lowest BCUT2D eigenvalue weighted by atomic mass is 9.96. The molecule has 1 aliphatic rings. The van der Waals surface area contributed by atoms with Gasteiger partial charge in [0, 0.05) is 13.1 Å². The van der Waals surface area contributed by atoms with Crippen LogP contribution in [0.4, 0.5) is 5.69 Å². The fourth-order valence-electron chi connectivity index (χ4n) is 3.24. The van der Waals surface area contributed by atoms with Crippen LogP contribution in [0.1, 0.15) is 18.4 Å². The molecule has 1 heterocycles. The van der Waals surface area contributed by atoms with Gasteiger partial charge in [-0.2, -0.15) is 0 Å². The number of methoxy groups -OCH3 is 1. The van der Waals surface area contributed by atoms with E-state index in [1.165, 1.54) is 5.56 Å². The lowest BCUT2D eigenvalue weighted by Gasteiger charge is -2.32. The van der Waals surface area contributed by atoms with Crippen molar-refractivity contribution in [3.63, 3.8) is 0 Å². The largest absolute Gasteiger partial charge is 0.495 e. The summed E-state index contributed by atoms with van der Waals surface area (Å²) in [5.41, 5.74) is 2.04. The van der Waals surface area contributed by atoms with Crippen LogP contribution in [0.5, 0.6) is 5.75 Å². The summed E-state index contributed by atoms with van der Waals surface area (Å²) in [6.45, 7) is 2.75. The molecule has 1 atom stereocenters. The van der Waals surface area contributed by atoms with Gasteiger partial charge in [-0.15, -0.1) is 0 Å². The quantitative estimate of drug-likeness (QED) is 0.914. The van der Waals surface area contributed by atoms with Crippen molar-refractivity contribution in [1.29, 1.82) is 0 Å². The molecule has 1 saturated heterocycles. The molecule has 1 fully saturated rings. The lowest BCUT2D eigenvalue weighted by Crippen LogP contribution is -2.40. The van der Waals surface area contributed by atoms with Crippen LogP contribution in [0, 0.1) is 5.92 Å². The molecule has 0 saturated carbocycles. The first-order valence-electron chi connectivity index (χ1n) is 8.46. The Hall–Kier alpha value is -2.33. The Morgan fingerprint density at radius 3 is 2.71 bits per heavy atom. The Bertz CT molecular complexity index is 672. The number of carbonyl (C=O) groups is 1. The summed E-state index contributed by atoms with van der Waals surface area (Å²) in [6, 6.07) is 18.0. The van der Waals surface area contributed by atoms with Gasteiger partial charge in [0.1, 0.15) is 5.75 Å². The summed E-state index contributed by atoms with van der Waals surface area (Å²) in [6.07, 6.45) is 1.99. The molecule has 1 unspecified atom stereocenters. The fraction of sp³-hybridized carbons (Fsp3) is 0.350. The molecule has 24 heavy (non-hydrogen) atoms. The Balaban J connectivity index is 1.60. The van der Waals surface area contributed by atoms with E-state index in [9.17, 15) is 4.79 Å². The van der Waals surface area contributed by atoms with E-state index < -0.39 is 0 Å². The lowest BCUT2D eigenvalue weighted by molar-refractivity contribution is -0.121. The number of nitrogens with one attached hydrogen (secondary N) is 1. The maximum atomic E-state index is 12.6. The van der Waals surface area contributed by atoms with Gasteiger partial charge in [0.05, 0.1) is 18.7 Å². The number of nitrogens with zero attached hydrogens (tertiary/aromatic N) is 1. The number of anilines is 1. The highest BCUT2D eigenvalue weighted by Gasteiger charge is 2.26. The van der Waals surface area contributed by atoms with Crippen molar-refractivity contribution < 1.29 is 9.53 Å². The maximum absolute atomic E-state index is 12.6. The number of rotatable bonds is 5. The third-order valence-corrected chi connectivity index (χ3v) is 4.49. The molecule has 4 nitrogen and oxygen atoms in total. The topological polar surface area (TPSA) is 41.6 Å². The molecule has 126 valence electrons. The predicted molar refractivity (Wildman–Crippen MR) is 96.1 cm³/mol. The van der Waals surface area contributed by atoms with Crippen LogP contribution in [0.25, 0.3) is 0 Å². The van der Waals surface area contributed by atoms with Crippen molar-refractivity contribution in [2.75, 3.05) is 25.5 Å². The van der Waals surface area contributed by atoms with Crippen molar-refractivity contribution in [2.45, 2.75) is 19.4 Å². The summed E-state index contributed by atoms with van der Waals surface area (Å²) in [4.78, 5) is 15.0. The number of likely N-dealkylation sites (tertiary alicyclic amines) is 1. The van der Waals surface area contributed by atoms with Gasteiger partial charge in [0.15, 0.2) is 0 Å². The summed E-state index contributed by atoms with van der Waals surface area (Å²) in [5.74, 6) is 0.799. The predicted octanol–water partition coefficient (Wildman–Crippen LogP) is 3.55. The smallest absolute Gasteiger partial charge is 0.228 e. The van der Waals surface area contributed by atoms with Crippen molar-refractivity contribution in [3.05, 3.63) is 60.2 Å². The van der Waals surface area contributed by atoms with Crippen molar-refractivity contribution in [3.8, 4) is 5.75 Å². The molecule has 2 aromatic rings. The van der Waals surface area contributed by atoms with E-state index in [1.54, 1.807) is 7.11 Å². The van der Waals surface area contributed by atoms with Crippen LogP contribution >= 0.6 is 0 Å². The number of hydrogen-bond acceptors (Lipinski definition) is 3. The Kier molecular flexibility index (Phi) is 5.49. The van der Waals surface area contributed by atoms with E-state index in [0.717, 1.165) is 38.2 Å². The minimum Gasteiger partial charge on any atom is -0.495 e. The molecule has 3 rings (SSSR count). The average Bonchev–Trinajstić information content (AvgIpc) is 2.63. The zero-order chi connectivity index (χ0) is 16.8. The van der Waals surface area contributed by atoms with Gasteiger partial charge in [-0.1, -0.05) is 42.5 Å². The fourth-order valence-corrected chi connectivity index (χ4v) is 3.24. The minimum absolute atomic E-state index is 0.0207. The van der Waals surface area contributed by atoms with E-state index in [2.05, 4.69) is 34.5 Å². The third-order valence-electron chi connectivity index (χ3n) is 4.49. The molecule has 0 aromatic heterocycles. The van der Waals surface area contributed by atoms with Gasteiger partial charge in [-0.05, 0) is 37.1 Å². The zero-order valence-corrected chi connectivity index (χ0v) is 14.1. The maximum Gasteiger partial charge on any atom is 0.228 e. The minimum atomic E-state index is 0.0207. The first-order chi connectivity index (χ1) is 11.8. The van der Waals surface area contributed by atoms with Gasteiger partial charge in [0.2, 0.25) is 5.91 Å². The van der Waals surface area contributed by atoms with Crippen LogP contribution in [0.3, 0.4) is 0 Å². The number of amides is 1. The molecule has 0 radical (unpaired) electrons. The normalized spacial score (nSPS) is 18.1. The second kappa shape index (κ2) is 7.97. The first kappa shape index (κ1) is 16.5. The van der Waals surface area contributed by atoms with Crippen molar-refractivity contribution >= 4 is 11.6 Å². The molecule has 1 aliphatic heterocycles. The Labute approximate surface area is 143 Å². The van der Waals surface area contributed by atoms with Crippen LogP contribution in [-0.4, -0.2) is 31.0 Å². The highest BCUT2D eigenvalue weighted by atomic mass is 16.5. The summed E-state index contributed by atoms with van der Waals surface area (Å²) in [5, 5.41) is 3.02. The molecule has 1 amide bonds. The molecule has 1 N–H and O–H groups in total. The van der Waals surface area contributed by atoms with Crippen LogP contribution in [-0.2, 0) is 11.3 Å². The number of hydrogen-bond donors (Lipinski definition) is 1. The van der Waals surface area contributed by atoms with Crippen molar-refractivity contribution in [1.82, 2.24) is 4.90 Å². The second-order valence-corrected chi connectivity index (χ2v) is 6.25. The van der Waals surface area contributed by atoms with Gasteiger partial charge in [-0.25, -0.2) is 0 Å². The summed E-state index contributed by atoms with van der Waals surface area (Å²) >= 11 is 0. The molecular formula is C20H24N2O2. The van der Waals surface area contributed by atoms with Crippen LogP contribution in [0.15, 0.2) is 54.6 Å². The Morgan fingerprint density at radius 1 is 1.17 bits per heavy atom.